The van der Waals surface area contributed by atoms with Gasteiger partial charge in [0.05, 0.1) is 0 Å². The van der Waals surface area contributed by atoms with Crippen molar-refractivity contribution < 1.29 is 13.6 Å². The van der Waals surface area contributed by atoms with Gasteiger partial charge in [-0.3, -0.25) is 9.36 Å². The summed E-state index contributed by atoms with van der Waals surface area (Å²) in [7, 11) is 0. The number of benzene rings is 1. The van der Waals surface area contributed by atoms with E-state index < -0.39 is 6.55 Å². The Labute approximate surface area is 128 Å². The van der Waals surface area contributed by atoms with Gasteiger partial charge in [0.2, 0.25) is 0 Å². The van der Waals surface area contributed by atoms with Crippen LogP contribution in [0.25, 0.3) is 0 Å². The van der Waals surface area contributed by atoms with Gasteiger partial charge in [-0.15, -0.1) is 0 Å². The highest BCUT2D eigenvalue weighted by Crippen LogP contribution is 2.12. The maximum atomic E-state index is 12.6. The van der Waals surface area contributed by atoms with E-state index in [1.807, 2.05) is 12.1 Å². The standard InChI is InChI=1S/C13H12F2IN3O/c14-13(15)19-8-7-17-11(19)5-6-18-12(20)9-1-3-10(16)4-2-9/h1-4,7-8,13H,5-6H2,(H,18,20). The molecule has 1 amide bonds. The van der Waals surface area contributed by atoms with E-state index in [1.54, 1.807) is 12.1 Å². The van der Waals surface area contributed by atoms with E-state index in [9.17, 15) is 13.6 Å². The first kappa shape index (κ1) is 14.9. The summed E-state index contributed by atoms with van der Waals surface area (Å²) in [6.07, 6.45) is 2.80. The Balaban J connectivity index is 1.88. The second kappa shape index (κ2) is 6.78. The first-order chi connectivity index (χ1) is 9.58. The molecule has 0 bridgehead atoms. The lowest BCUT2D eigenvalue weighted by molar-refractivity contribution is 0.0670. The normalized spacial score (nSPS) is 10.8. The largest absolute Gasteiger partial charge is 0.352 e. The van der Waals surface area contributed by atoms with E-state index >= 15 is 0 Å². The Morgan fingerprint density at radius 1 is 1.35 bits per heavy atom. The molecule has 106 valence electrons. The Hall–Kier alpha value is -1.51. The topological polar surface area (TPSA) is 46.9 Å². The molecule has 0 saturated carbocycles. The summed E-state index contributed by atoms with van der Waals surface area (Å²) >= 11 is 2.15. The minimum Gasteiger partial charge on any atom is -0.352 e. The van der Waals surface area contributed by atoms with Crippen LogP contribution in [0.4, 0.5) is 8.78 Å². The molecule has 7 heteroatoms. The summed E-state index contributed by atoms with van der Waals surface area (Å²) in [5.74, 6) is 0.0273. The molecule has 0 fully saturated rings. The number of carbonyl (C=O) groups is 1. The lowest BCUT2D eigenvalue weighted by atomic mass is 10.2. The van der Waals surface area contributed by atoms with Gasteiger partial charge in [-0.1, -0.05) is 0 Å². The third-order valence-electron chi connectivity index (χ3n) is 2.70. The second-order valence-corrected chi connectivity index (χ2v) is 5.29. The zero-order chi connectivity index (χ0) is 14.5. The summed E-state index contributed by atoms with van der Waals surface area (Å²) in [6, 6.07) is 7.10. The van der Waals surface area contributed by atoms with Crippen molar-refractivity contribution in [3.8, 4) is 0 Å². The van der Waals surface area contributed by atoms with Crippen LogP contribution >= 0.6 is 22.6 Å². The lowest BCUT2D eigenvalue weighted by Gasteiger charge is -2.07. The molecular formula is C13H12F2IN3O. The molecule has 2 aromatic rings. The highest BCUT2D eigenvalue weighted by Gasteiger charge is 2.11. The van der Waals surface area contributed by atoms with Crippen LogP contribution in [0.15, 0.2) is 36.7 Å². The van der Waals surface area contributed by atoms with Gasteiger partial charge in [-0.2, -0.15) is 8.78 Å². The fourth-order valence-electron chi connectivity index (χ4n) is 1.71. The summed E-state index contributed by atoms with van der Waals surface area (Å²) in [5, 5.41) is 2.68. The molecule has 0 aliphatic heterocycles. The fraction of sp³-hybridized carbons (Fsp3) is 0.231. The molecule has 0 atom stereocenters. The maximum Gasteiger partial charge on any atom is 0.319 e. The number of nitrogens with zero attached hydrogens (tertiary/aromatic N) is 2. The fourth-order valence-corrected chi connectivity index (χ4v) is 2.07. The summed E-state index contributed by atoms with van der Waals surface area (Å²) in [5.41, 5.74) is 0.544. The number of halogens is 3. The molecule has 0 unspecified atom stereocenters. The molecule has 0 saturated heterocycles. The summed E-state index contributed by atoms with van der Waals surface area (Å²) in [6.45, 7) is -2.35. The Morgan fingerprint density at radius 2 is 2.05 bits per heavy atom. The van der Waals surface area contributed by atoms with Crippen molar-refractivity contribution >= 4 is 28.5 Å². The van der Waals surface area contributed by atoms with E-state index in [2.05, 4.69) is 32.9 Å². The second-order valence-electron chi connectivity index (χ2n) is 4.04. The number of carbonyl (C=O) groups excluding carboxylic acids is 1. The predicted octanol–water partition coefficient (Wildman–Crippen LogP) is 2.86. The molecule has 0 spiro atoms. The average Bonchev–Trinajstić information content (AvgIpc) is 2.88. The summed E-state index contributed by atoms with van der Waals surface area (Å²) < 4.78 is 27.0. The molecule has 1 aromatic heterocycles. The van der Waals surface area contributed by atoms with Crippen molar-refractivity contribution in [3.63, 3.8) is 0 Å². The van der Waals surface area contributed by atoms with Gasteiger partial charge in [-0.25, -0.2) is 4.98 Å². The van der Waals surface area contributed by atoms with Crippen molar-refractivity contribution in [1.29, 1.82) is 0 Å². The quantitative estimate of drug-likeness (QED) is 0.798. The number of aromatic nitrogens is 2. The number of imidazole rings is 1. The zero-order valence-electron chi connectivity index (χ0n) is 10.4. The van der Waals surface area contributed by atoms with E-state index in [4.69, 9.17) is 0 Å². The van der Waals surface area contributed by atoms with Crippen molar-refractivity contribution in [1.82, 2.24) is 14.9 Å². The Morgan fingerprint density at radius 3 is 2.70 bits per heavy atom. The summed E-state index contributed by atoms with van der Waals surface area (Å²) in [4.78, 5) is 15.7. The molecule has 1 N–H and O–H groups in total. The highest BCUT2D eigenvalue weighted by atomic mass is 127. The molecule has 1 aromatic carbocycles. The van der Waals surface area contributed by atoms with Crippen LogP contribution in [0.5, 0.6) is 0 Å². The Bertz CT molecular complexity index is 584. The van der Waals surface area contributed by atoms with Gasteiger partial charge in [0.15, 0.2) is 0 Å². The third kappa shape index (κ3) is 3.75. The van der Waals surface area contributed by atoms with E-state index in [0.717, 1.165) is 8.14 Å². The van der Waals surface area contributed by atoms with Crippen LogP contribution in [0, 0.1) is 3.57 Å². The lowest BCUT2D eigenvalue weighted by Crippen LogP contribution is -2.26. The molecular weight excluding hydrogens is 379 g/mol. The number of hydrogen-bond acceptors (Lipinski definition) is 2. The number of alkyl halides is 2. The average molecular weight is 391 g/mol. The molecule has 0 aliphatic carbocycles. The van der Waals surface area contributed by atoms with Crippen molar-refractivity contribution in [2.45, 2.75) is 13.0 Å². The molecule has 0 aliphatic rings. The first-order valence-corrected chi connectivity index (χ1v) is 6.99. The van der Waals surface area contributed by atoms with E-state index in [-0.39, 0.29) is 24.7 Å². The van der Waals surface area contributed by atoms with Crippen molar-refractivity contribution in [3.05, 3.63) is 51.6 Å². The smallest absolute Gasteiger partial charge is 0.319 e. The van der Waals surface area contributed by atoms with Crippen LogP contribution in [0.2, 0.25) is 0 Å². The predicted molar refractivity (Wildman–Crippen MR) is 78.7 cm³/mol. The van der Waals surface area contributed by atoms with Gasteiger partial charge < -0.3 is 5.32 Å². The SMILES string of the molecule is O=C(NCCc1nccn1C(F)F)c1ccc(I)cc1. The van der Waals surface area contributed by atoms with Gasteiger partial charge in [0.25, 0.3) is 5.91 Å². The number of hydrogen-bond donors (Lipinski definition) is 1. The van der Waals surface area contributed by atoms with Crippen molar-refractivity contribution in [2.24, 2.45) is 0 Å². The molecule has 1 heterocycles. The monoisotopic (exact) mass is 391 g/mol. The van der Waals surface area contributed by atoms with E-state index in [0.29, 0.717) is 5.56 Å². The number of amides is 1. The zero-order valence-corrected chi connectivity index (χ0v) is 12.5. The highest BCUT2D eigenvalue weighted by molar-refractivity contribution is 14.1. The molecule has 20 heavy (non-hydrogen) atoms. The maximum absolute atomic E-state index is 12.6. The van der Waals surface area contributed by atoms with Crippen LogP contribution in [-0.2, 0) is 6.42 Å². The van der Waals surface area contributed by atoms with Crippen LogP contribution in [-0.4, -0.2) is 22.0 Å². The first-order valence-electron chi connectivity index (χ1n) is 5.91. The third-order valence-corrected chi connectivity index (χ3v) is 3.42. The van der Waals surface area contributed by atoms with Gasteiger partial charge >= 0.3 is 6.55 Å². The van der Waals surface area contributed by atoms with Crippen LogP contribution < -0.4 is 5.32 Å². The minimum atomic E-state index is -2.61. The number of rotatable bonds is 5. The van der Waals surface area contributed by atoms with Crippen molar-refractivity contribution in [2.75, 3.05) is 6.54 Å². The molecule has 4 nitrogen and oxygen atoms in total. The Kier molecular flexibility index (Phi) is 5.05. The van der Waals surface area contributed by atoms with Crippen LogP contribution in [0.3, 0.4) is 0 Å². The minimum absolute atomic E-state index is 0.225. The molecule has 0 radical (unpaired) electrons. The van der Waals surface area contributed by atoms with Crippen LogP contribution in [0.1, 0.15) is 22.7 Å². The van der Waals surface area contributed by atoms with Gasteiger partial charge in [0, 0.05) is 34.5 Å². The van der Waals surface area contributed by atoms with E-state index in [1.165, 1.54) is 12.4 Å². The molecule has 2 rings (SSSR count). The number of nitrogens with one attached hydrogen (secondary N) is 1. The van der Waals surface area contributed by atoms with Gasteiger partial charge in [0.1, 0.15) is 5.82 Å². The van der Waals surface area contributed by atoms with Gasteiger partial charge in [-0.05, 0) is 46.9 Å².